The third-order valence-electron chi connectivity index (χ3n) is 2.58. The minimum atomic E-state index is -0.661. The monoisotopic (exact) mass is 248 g/mol. The van der Waals surface area contributed by atoms with Crippen molar-refractivity contribution in [3.63, 3.8) is 0 Å². The Labute approximate surface area is 105 Å². The Morgan fingerprint density at radius 3 is 2.89 bits per heavy atom. The molecule has 18 heavy (non-hydrogen) atoms. The molecule has 1 heterocycles. The van der Waals surface area contributed by atoms with Gasteiger partial charge in [-0.3, -0.25) is 0 Å². The van der Waals surface area contributed by atoms with Crippen molar-refractivity contribution >= 4 is 10.9 Å². The molecule has 1 aromatic carbocycles. The summed E-state index contributed by atoms with van der Waals surface area (Å²) in [7, 11) is 1.58. The van der Waals surface area contributed by atoms with Crippen molar-refractivity contribution in [3.8, 4) is 11.6 Å². The second-order valence-electron chi connectivity index (χ2n) is 3.88. The van der Waals surface area contributed by atoms with E-state index < -0.39 is 6.10 Å². The Morgan fingerprint density at radius 2 is 2.17 bits per heavy atom. The van der Waals surface area contributed by atoms with E-state index in [0.717, 1.165) is 10.9 Å². The fourth-order valence-electron chi connectivity index (χ4n) is 1.60. The minimum absolute atomic E-state index is 0.168. The Balaban J connectivity index is 2.28. The molecule has 0 aliphatic carbocycles. The number of benzene rings is 1. The summed E-state index contributed by atoms with van der Waals surface area (Å²) >= 11 is 0. The summed E-state index contributed by atoms with van der Waals surface area (Å²) < 4.78 is 10.6. The first kappa shape index (κ1) is 12.6. The number of methoxy groups -OCH3 is 1. The van der Waals surface area contributed by atoms with E-state index in [9.17, 15) is 5.11 Å². The Morgan fingerprint density at radius 1 is 1.33 bits per heavy atom. The summed E-state index contributed by atoms with van der Waals surface area (Å²) in [5, 5.41) is 10.3. The third kappa shape index (κ3) is 2.69. The summed E-state index contributed by atoms with van der Waals surface area (Å²) in [6.45, 7) is 0.346. The van der Waals surface area contributed by atoms with Gasteiger partial charge in [0.25, 0.3) is 0 Å². The quantitative estimate of drug-likeness (QED) is 0.823. The van der Waals surface area contributed by atoms with Crippen LogP contribution in [0.3, 0.4) is 0 Å². The van der Waals surface area contributed by atoms with E-state index in [-0.39, 0.29) is 13.2 Å². The number of hydrogen-bond donors (Lipinski definition) is 2. The van der Waals surface area contributed by atoms with Gasteiger partial charge >= 0.3 is 0 Å². The van der Waals surface area contributed by atoms with Gasteiger partial charge in [0.15, 0.2) is 0 Å². The van der Waals surface area contributed by atoms with E-state index >= 15 is 0 Å². The lowest BCUT2D eigenvalue weighted by Gasteiger charge is -2.12. The summed E-state index contributed by atoms with van der Waals surface area (Å²) in [6.07, 6.45) is -0.661. The van der Waals surface area contributed by atoms with Crippen LogP contribution < -0.4 is 15.2 Å². The SMILES string of the molecule is COc1ccc2c(OCC(O)CN)cccc2n1. The number of fused-ring (bicyclic) bond motifs is 1. The predicted molar refractivity (Wildman–Crippen MR) is 68.9 cm³/mol. The highest BCUT2D eigenvalue weighted by Gasteiger charge is 2.07. The van der Waals surface area contributed by atoms with Gasteiger partial charge in [0.05, 0.1) is 12.6 Å². The lowest BCUT2D eigenvalue weighted by atomic mass is 10.2. The lowest BCUT2D eigenvalue weighted by molar-refractivity contribution is 0.115. The highest BCUT2D eigenvalue weighted by atomic mass is 16.5. The number of ether oxygens (including phenoxy) is 2. The molecular weight excluding hydrogens is 232 g/mol. The number of pyridine rings is 1. The zero-order chi connectivity index (χ0) is 13.0. The van der Waals surface area contributed by atoms with Gasteiger partial charge in [-0.1, -0.05) is 6.07 Å². The second-order valence-corrected chi connectivity index (χ2v) is 3.88. The van der Waals surface area contributed by atoms with Gasteiger partial charge < -0.3 is 20.3 Å². The number of rotatable bonds is 5. The zero-order valence-corrected chi connectivity index (χ0v) is 10.2. The number of aromatic nitrogens is 1. The van der Waals surface area contributed by atoms with E-state index in [1.54, 1.807) is 13.2 Å². The first-order chi connectivity index (χ1) is 8.74. The van der Waals surface area contributed by atoms with Crippen molar-refractivity contribution < 1.29 is 14.6 Å². The Hall–Kier alpha value is -1.85. The van der Waals surface area contributed by atoms with Crippen molar-refractivity contribution in [2.75, 3.05) is 20.3 Å². The van der Waals surface area contributed by atoms with Crippen LogP contribution in [0.1, 0.15) is 0 Å². The standard InChI is InChI=1S/C13H16N2O3/c1-17-13-6-5-10-11(15-13)3-2-4-12(10)18-8-9(16)7-14/h2-6,9,16H,7-8,14H2,1H3. The summed E-state index contributed by atoms with van der Waals surface area (Å²) in [5.74, 6) is 1.23. The Bertz CT molecular complexity index is 531. The number of aliphatic hydroxyl groups excluding tert-OH is 1. The van der Waals surface area contributed by atoms with E-state index in [2.05, 4.69) is 4.98 Å². The van der Waals surface area contributed by atoms with Crippen LogP contribution in [0.2, 0.25) is 0 Å². The smallest absolute Gasteiger partial charge is 0.213 e. The van der Waals surface area contributed by atoms with Gasteiger partial charge in [0, 0.05) is 18.0 Å². The van der Waals surface area contributed by atoms with Crippen LogP contribution in [0.25, 0.3) is 10.9 Å². The fraction of sp³-hybridized carbons (Fsp3) is 0.308. The molecule has 0 radical (unpaired) electrons. The van der Waals surface area contributed by atoms with Crippen LogP contribution >= 0.6 is 0 Å². The van der Waals surface area contributed by atoms with E-state index in [1.165, 1.54) is 0 Å². The van der Waals surface area contributed by atoms with Crippen LogP contribution in [0.5, 0.6) is 11.6 Å². The maximum atomic E-state index is 9.39. The summed E-state index contributed by atoms with van der Waals surface area (Å²) in [6, 6.07) is 9.21. The normalized spacial score (nSPS) is 12.4. The average Bonchev–Trinajstić information content (AvgIpc) is 2.43. The molecule has 0 bridgehead atoms. The number of hydrogen-bond acceptors (Lipinski definition) is 5. The molecule has 0 aliphatic rings. The molecule has 2 rings (SSSR count). The van der Waals surface area contributed by atoms with Gasteiger partial charge in [-0.2, -0.15) is 0 Å². The molecule has 0 aliphatic heterocycles. The molecule has 5 heteroatoms. The molecule has 1 unspecified atom stereocenters. The third-order valence-corrected chi connectivity index (χ3v) is 2.58. The molecule has 1 atom stereocenters. The number of nitrogens with zero attached hydrogens (tertiary/aromatic N) is 1. The van der Waals surface area contributed by atoms with E-state index in [0.29, 0.717) is 11.6 Å². The zero-order valence-electron chi connectivity index (χ0n) is 10.2. The van der Waals surface area contributed by atoms with Crippen molar-refractivity contribution in [2.45, 2.75) is 6.10 Å². The van der Waals surface area contributed by atoms with Gasteiger partial charge in [-0.25, -0.2) is 4.98 Å². The number of aliphatic hydroxyl groups is 1. The maximum Gasteiger partial charge on any atom is 0.213 e. The second kappa shape index (κ2) is 5.66. The first-order valence-corrected chi connectivity index (χ1v) is 5.69. The molecule has 0 saturated carbocycles. The molecule has 0 saturated heterocycles. The minimum Gasteiger partial charge on any atom is -0.490 e. The summed E-state index contributed by atoms with van der Waals surface area (Å²) in [5.41, 5.74) is 6.11. The van der Waals surface area contributed by atoms with Crippen molar-refractivity contribution in [1.29, 1.82) is 0 Å². The summed E-state index contributed by atoms with van der Waals surface area (Å²) in [4.78, 5) is 4.31. The largest absolute Gasteiger partial charge is 0.490 e. The van der Waals surface area contributed by atoms with Crippen LogP contribution in [0.15, 0.2) is 30.3 Å². The molecule has 2 aromatic rings. The maximum absolute atomic E-state index is 9.39. The molecule has 0 spiro atoms. The van der Waals surface area contributed by atoms with Crippen molar-refractivity contribution in [2.24, 2.45) is 5.73 Å². The van der Waals surface area contributed by atoms with Gasteiger partial charge in [-0.05, 0) is 18.2 Å². The lowest BCUT2D eigenvalue weighted by Crippen LogP contribution is -2.26. The predicted octanol–water partition coefficient (Wildman–Crippen LogP) is 0.942. The van der Waals surface area contributed by atoms with E-state index in [1.807, 2.05) is 24.3 Å². The van der Waals surface area contributed by atoms with Crippen molar-refractivity contribution in [3.05, 3.63) is 30.3 Å². The van der Waals surface area contributed by atoms with Crippen LogP contribution in [0, 0.1) is 0 Å². The molecule has 0 amide bonds. The Kier molecular flexibility index (Phi) is 3.96. The van der Waals surface area contributed by atoms with Crippen LogP contribution in [-0.2, 0) is 0 Å². The molecule has 96 valence electrons. The topological polar surface area (TPSA) is 77.6 Å². The molecule has 1 aromatic heterocycles. The van der Waals surface area contributed by atoms with E-state index in [4.69, 9.17) is 15.2 Å². The van der Waals surface area contributed by atoms with Crippen molar-refractivity contribution in [1.82, 2.24) is 4.98 Å². The highest BCUT2D eigenvalue weighted by molar-refractivity contribution is 5.85. The molecule has 3 N–H and O–H groups in total. The molecule has 5 nitrogen and oxygen atoms in total. The van der Waals surface area contributed by atoms with Gasteiger partial charge in [-0.15, -0.1) is 0 Å². The highest BCUT2D eigenvalue weighted by Crippen LogP contribution is 2.26. The molecular formula is C13H16N2O3. The fourth-order valence-corrected chi connectivity index (χ4v) is 1.60. The average molecular weight is 248 g/mol. The van der Waals surface area contributed by atoms with Crippen LogP contribution in [0.4, 0.5) is 0 Å². The van der Waals surface area contributed by atoms with Gasteiger partial charge in [0.1, 0.15) is 18.5 Å². The number of nitrogens with two attached hydrogens (primary N) is 1. The van der Waals surface area contributed by atoms with Crippen LogP contribution in [-0.4, -0.2) is 36.5 Å². The molecule has 0 fully saturated rings. The van der Waals surface area contributed by atoms with Gasteiger partial charge in [0.2, 0.25) is 5.88 Å². The first-order valence-electron chi connectivity index (χ1n) is 5.69.